The number of likely N-dealkylation sites (N-methyl/N-ethyl adjacent to an activating group) is 2. The molecule has 150 valence electrons. The van der Waals surface area contributed by atoms with E-state index in [2.05, 4.69) is 96.3 Å². The van der Waals surface area contributed by atoms with Crippen LogP contribution in [0.4, 0.5) is 0 Å². The van der Waals surface area contributed by atoms with Crippen molar-refractivity contribution in [3.8, 4) is 0 Å². The summed E-state index contributed by atoms with van der Waals surface area (Å²) in [6.07, 6.45) is 1.99. The molecule has 29 heavy (non-hydrogen) atoms. The highest BCUT2D eigenvalue weighted by atomic mass is 31.2. The first-order chi connectivity index (χ1) is 14.2. The lowest BCUT2D eigenvalue weighted by molar-refractivity contribution is -0.128. The van der Waals surface area contributed by atoms with Crippen LogP contribution in [0.25, 0.3) is 0 Å². The summed E-state index contributed by atoms with van der Waals surface area (Å²) in [6, 6.07) is 32.7. The van der Waals surface area contributed by atoms with Crippen LogP contribution in [0.3, 0.4) is 0 Å². The summed E-state index contributed by atoms with van der Waals surface area (Å²) >= 11 is 0. The molecule has 0 bridgehead atoms. The van der Waals surface area contributed by atoms with E-state index >= 15 is 0 Å². The Kier molecular flexibility index (Phi) is 7.57. The Balaban J connectivity index is 2.00. The number of nitrogens with zero attached hydrogens (tertiary/aromatic N) is 1. The first-order valence-corrected chi connectivity index (χ1v) is 12.1. The van der Waals surface area contributed by atoms with E-state index in [4.69, 9.17) is 0 Å². The van der Waals surface area contributed by atoms with Crippen molar-refractivity contribution in [3.63, 3.8) is 0 Å². The van der Waals surface area contributed by atoms with Gasteiger partial charge in [-0.05, 0) is 49.9 Å². The molecule has 0 aliphatic rings. The molecule has 0 unspecified atom stereocenters. The third-order valence-electron chi connectivity index (χ3n) is 5.33. The van der Waals surface area contributed by atoms with Crippen molar-refractivity contribution in [1.82, 2.24) is 10.2 Å². The zero-order valence-corrected chi connectivity index (χ0v) is 18.2. The van der Waals surface area contributed by atoms with E-state index in [0.717, 1.165) is 19.1 Å². The number of hydrogen-bond donors (Lipinski definition) is 1. The fraction of sp³-hybridized carbons (Fsp3) is 0.240. The maximum absolute atomic E-state index is 12.2. The zero-order valence-electron chi connectivity index (χ0n) is 17.3. The third-order valence-corrected chi connectivity index (χ3v) is 9.86. The van der Waals surface area contributed by atoms with Crippen LogP contribution in [0.5, 0.6) is 0 Å². The van der Waals surface area contributed by atoms with Gasteiger partial charge in [0.15, 0.2) is 0 Å². The molecule has 0 spiro atoms. The van der Waals surface area contributed by atoms with Crippen molar-refractivity contribution >= 4 is 29.1 Å². The smallest absolute Gasteiger partial charge is 0.236 e. The predicted molar refractivity (Wildman–Crippen MR) is 126 cm³/mol. The van der Waals surface area contributed by atoms with Gasteiger partial charge >= 0.3 is 0 Å². The Morgan fingerprint density at radius 1 is 0.793 bits per heavy atom. The van der Waals surface area contributed by atoms with Gasteiger partial charge in [-0.15, -0.1) is 0 Å². The molecule has 1 N–H and O–H groups in total. The van der Waals surface area contributed by atoms with Gasteiger partial charge in [0.05, 0.1) is 12.7 Å². The molecule has 0 saturated carbocycles. The second-order valence-electron chi connectivity index (χ2n) is 7.24. The van der Waals surface area contributed by atoms with Gasteiger partial charge in [0.2, 0.25) is 5.91 Å². The van der Waals surface area contributed by atoms with Crippen LogP contribution >= 0.6 is 7.26 Å². The summed E-state index contributed by atoms with van der Waals surface area (Å²) in [5.41, 5.74) is 0. The number of carbonyl (C=O) groups is 1. The second-order valence-corrected chi connectivity index (χ2v) is 10.9. The highest BCUT2D eigenvalue weighted by Crippen LogP contribution is 2.55. The minimum absolute atomic E-state index is 0.135. The summed E-state index contributed by atoms with van der Waals surface area (Å²) in [4.78, 5) is 14.0. The van der Waals surface area contributed by atoms with Gasteiger partial charge in [0, 0.05) is 13.6 Å². The molecule has 1 amide bonds. The van der Waals surface area contributed by atoms with Gasteiger partial charge < -0.3 is 10.2 Å². The molecular formula is C25H30N2OP+. The molecule has 3 aromatic rings. The van der Waals surface area contributed by atoms with Gasteiger partial charge in [0.25, 0.3) is 0 Å². The molecule has 0 saturated heterocycles. The minimum atomic E-state index is -1.81. The lowest BCUT2D eigenvalue weighted by Gasteiger charge is -2.28. The molecule has 3 aromatic carbocycles. The Bertz CT molecular complexity index is 788. The van der Waals surface area contributed by atoms with Crippen molar-refractivity contribution in [3.05, 3.63) is 91.0 Å². The molecule has 3 nitrogen and oxygen atoms in total. The summed E-state index contributed by atoms with van der Waals surface area (Å²) < 4.78 is 0. The van der Waals surface area contributed by atoms with E-state index in [0.29, 0.717) is 6.54 Å². The highest BCUT2D eigenvalue weighted by Gasteiger charge is 2.44. The molecule has 4 heteroatoms. The molecule has 0 heterocycles. The topological polar surface area (TPSA) is 32.3 Å². The third kappa shape index (κ3) is 4.93. The predicted octanol–water partition coefficient (Wildman–Crippen LogP) is 3.05. The van der Waals surface area contributed by atoms with Crippen molar-refractivity contribution < 1.29 is 4.79 Å². The first kappa shape index (κ1) is 21.2. The van der Waals surface area contributed by atoms with Gasteiger partial charge in [0.1, 0.15) is 23.2 Å². The average Bonchev–Trinajstić information content (AvgIpc) is 2.78. The van der Waals surface area contributed by atoms with Gasteiger partial charge in [-0.1, -0.05) is 54.6 Å². The van der Waals surface area contributed by atoms with E-state index in [9.17, 15) is 4.79 Å². The lowest BCUT2D eigenvalue weighted by atomic mass is 10.3. The van der Waals surface area contributed by atoms with E-state index in [1.54, 1.807) is 0 Å². The van der Waals surface area contributed by atoms with Crippen LogP contribution in [0.2, 0.25) is 0 Å². The second kappa shape index (κ2) is 10.3. The maximum atomic E-state index is 12.2. The van der Waals surface area contributed by atoms with Crippen LogP contribution in [0, 0.1) is 0 Å². The fourth-order valence-corrected chi connectivity index (χ4v) is 8.17. The van der Waals surface area contributed by atoms with Crippen LogP contribution in [0.1, 0.15) is 6.42 Å². The van der Waals surface area contributed by atoms with E-state index in [-0.39, 0.29) is 5.91 Å². The Morgan fingerprint density at radius 3 is 1.59 bits per heavy atom. The van der Waals surface area contributed by atoms with E-state index < -0.39 is 7.26 Å². The molecular weight excluding hydrogens is 375 g/mol. The van der Waals surface area contributed by atoms with Crippen molar-refractivity contribution in [2.75, 3.05) is 33.3 Å². The number of benzene rings is 3. The van der Waals surface area contributed by atoms with Gasteiger partial charge in [-0.3, -0.25) is 4.79 Å². The Labute approximate surface area is 175 Å². The van der Waals surface area contributed by atoms with Crippen LogP contribution < -0.4 is 21.2 Å². The summed E-state index contributed by atoms with van der Waals surface area (Å²) in [5, 5.41) is 7.12. The summed E-state index contributed by atoms with van der Waals surface area (Å²) in [6.45, 7) is 1.14. The molecule has 0 aromatic heterocycles. The van der Waals surface area contributed by atoms with Crippen molar-refractivity contribution in [2.45, 2.75) is 6.42 Å². The minimum Gasteiger partial charge on any atom is -0.345 e. The summed E-state index contributed by atoms with van der Waals surface area (Å²) in [5.74, 6) is 0.135. The highest BCUT2D eigenvalue weighted by molar-refractivity contribution is 7.95. The number of nitrogens with one attached hydrogen (secondary N) is 1. The van der Waals surface area contributed by atoms with Crippen LogP contribution in [0.15, 0.2) is 91.0 Å². The van der Waals surface area contributed by atoms with Crippen molar-refractivity contribution in [2.24, 2.45) is 0 Å². The Morgan fingerprint density at radius 2 is 1.21 bits per heavy atom. The normalized spacial score (nSPS) is 11.2. The average molecular weight is 406 g/mol. The lowest BCUT2D eigenvalue weighted by Crippen LogP contribution is -2.37. The standard InChI is InChI=1S/C25H30N2OP/c1-26-21-25(28)27(2)19-12-20-29(22-13-6-3-7-14-22,23-15-8-4-9-16-23)24-17-10-5-11-18-24/h3-11,13-18,26H,12,19-21H2,1-2H3/q+1. The molecule has 0 aliphatic heterocycles. The largest absolute Gasteiger partial charge is 0.345 e. The van der Waals surface area contributed by atoms with Crippen LogP contribution in [-0.2, 0) is 4.79 Å². The Hall–Kier alpha value is -2.48. The number of amides is 1. The number of hydrogen-bond acceptors (Lipinski definition) is 2. The number of carbonyl (C=O) groups excluding carboxylic acids is 1. The molecule has 0 radical (unpaired) electrons. The molecule has 0 atom stereocenters. The number of rotatable bonds is 9. The van der Waals surface area contributed by atoms with Crippen molar-refractivity contribution in [1.29, 1.82) is 0 Å². The first-order valence-electron chi connectivity index (χ1n) is 10.1. The van der Waals surface area contributed by atoms with Gasteiger partial charge in [-0.25, -0.2) is 0 Å². The van der Waals surface area contributed by atoms with E-state index in [1.165, 1.54) is 15.9 Å². The quantitative estimate of drug-likeness (QED) is 0.555. The van der Waals surface area contributed by atoms with Crippen LogP contribution in [-0.4, -0.2) is 44.2 Å². The zero-order chi connectivity index (χ0) is 20.5. The molecule has 3 rings (SSSR count). The molecule has 0 fully saturated rings. The molecule has 0 aliphatic carbocycles. The van der Waals surface area contributed by atoms with E-state index in [1.807, 2.05) is 19.0 Å². The maximum Gasteiger partial charge on any atom is 0.236 e. The van der Waals surface area contributed by atoms with Gasteiger partial charge in [-0.2, -0.15) is 0 Å². The monoisotopic (exact) mass is 405 g/mol. The summed E-state index contributed by atoms with van der Waals surface area (Å²) in [7, 11) is 1.90. The SMILES string of the molecule is CNCC(=O)N(C)CCC[P+](c1ccccc1)(c1ccccc1)c1ccccc1. The fourth-order valence-electron chi connectivity index (χ4n) is 3.84.